The van der Waals surface area contributed by atoms with E-state index in [2.05, 4.69) is 4.74 Å². The van der Waals surface area contributed by atoms with Crippen LogP contribution in [0.25, 0.3) is 0 Å². The minimum absolute atomic E-state index is 0.151. The monoisotopic (exact) mass is 224 g/mol. The molecule has 0 aliphatic carbocycles. The molecule has 0 fully saturated rings. The highest BCUT2D eigenvalue weighted by Crippen LogP contribution is 2.09. The second-order valence-electron chi connectivity index (χ2n) is 3.76. The Morgan fingerprint density at radius 3 is 2.50 bits per heavy atom. The number of hydrogen-bond acceptors (Lipinski definition) is 2. The molecule has 0 heterocycles. The van der Waals surface area contributed by atoms with Gasteiger partial charge < -0.3 is 4.74 Å². The Morgan fingerprint density at radius 1 is 1.19 bits per heavy atom. The van der Waals surface area contributed by atoms with Gasteiger partial charge in [-0.25, -0.2) is 4.39 Å². The summed E-state index contributed by atoms with van der Waals surface area (Å²) in [4.78, 5) is 10.8. The Hall–Kier alpha value is -1.38. The minimum atomic E-state index is -0.200. The molecule has 88 valence electrons. The van der Waals surface area contributed by atoms with Crippen LogP contribution in [-0.2, 0) is 16.0 Å². The first-order chi connectivity index (χ1) is 7.72. The van der Waals surface area contributed by atoms with Crippen molar-refractivity contribution in [1.82, 2.24) is 0 Å². The molecule has 0 atom stereocenters. The van der Waals surface area contributed by atoms with E-state index < -0.39 is 0 Å². The van der Waals surface area contributed by atoms with E-state index in [1.807, 2.05) is 0 Å². The molecule has 1 aromatic rings. The fourth-order valence-corrected chi connectivity index (χ4v) is 1.53. The number of carbonyl (C=O) groups is 1. The fourth-order valence-electron chi connectivity index (χ4n) is 1.53. The van der Waals surface area contributed by atoms with Crippen LogP contribution in [0.3, 0.4) is 0 Å². The molecule has 2 nitrogen and oxygen atoms in total. The number of aryl methyl sites for hydroxylation is 1. The normalized spacial score (nSPS) is 10.1. The van der Waals surface area contributed by atoms with Crippen molar-refractivity contribution >= 4 is 5.97 Å². The fraction of sp³-hybridized carbons (Fsp3) is 0.462. The number of rotatable bonds is 6. The highest BCUT2D eigenvalue weighted by atomic mass is 19.1. The van der Waals surface area contributed by atoms with Gasteiger partial charge in [-0.15, -0.1) is 0 Å². The molecule has 0 aliphatic rings. The van der Waals surface area contributed by atoms with Gasteiger partial charge in [0.15, 0.2) is 0 Å². The minimum Gasteiger partial charge on any atom is -0.469 e. The third-order valence-corrected chi connectivity index (χ3v) is 2.49. The summed E-state index contributed by atoms with van der Waals surface area (Å²) in [5.41, 5.74) is 1.14. The van der Waals surface area contributed by atoms with Crippen LogP contribution in [0.4, 0.5) is 4.39 Å². The van der Waals surface area contributed by atoms with Crippen LogP contribution in [0.1, 0.15) is 31.2 Å². The first-order valence-corrected chi connectivity index (χ1v) is 5.53. The molecule has 3 heteroatoms. The molecule has 0 aliphatic heterocycles. The smallest absolute Gasteiger partial charge is 0.305 e. The highest BCUT2D eigenvalue weighted by Gasteiger charge is 1.99. The lowest BCUT2D eigenvalue weighted by molar-refractivity contribution is -0.140. The van der Waals surface area contributed by atoms with Gasteiger partial charge in [0.05, 0.1) is 7.11 Å². The molecule has 0 radical (unpaired) electrons. The van der Waals surface area contributed by atoms with Crippen molar-refractivity contribution in [2.45, 2.75) is 32.1 Å². The average Bonchev–Trinajstić information content (AvgIpc) is 2.31. The summed E-state index contributed by atoms with van der Waals surface area (Å²) >= 11 is 0. The molecule has 0 saturated heterocycles. The van der Waals surface area contributed by atoms with E-state index in [9.17, 15) is 9.18 Å². The molecule has 1 aromatic carbocycles. The molecule has 16 heavy (non-hydrogen) atoms. The van der Waals surface area contributed by atoms with Crippen LogP contribution < -0.4 is 0 Å². The van der Waals surface area contributed by atoms with Gasteiger partial charge in [0.2, 0.25) is 0 Å². The first kappa shape index (κ1) is 12.7. The van der Waals surface area contributed by atoms with Gasteiger partial charge in [0.1, 0.15) is 5.82 Å². The summed E-state index contributed by atoms with van der Waals surface area (Å²) in [6, 6.07) is 6.55. The van der Waals surface area contributed by atoms with Crippen molar-refractivity contribution in [2.24, 2.45) is 0 Å². The molecular weight excluding hydrogens is 207 g/mol. The molecular formula is C13H17FO2. The molecule has 0 N–H and O–H groups in total. The average molecular weight is 224 g/mol. The number of benzene rings is 1. The number of unbranched alkanes of at least 4 members (excludes halogenated alkanes) is 2. The van der Waals surface area contributed by atoms with Gasteiger partial charge in [-0.1, -0.05) is 18.6 Å². The SMILES string of the molecule is COC(=O)CCCCCc1ccc(F)cc1. The number of carbonyl (C=O) groups excluding carboxylic acids is 1. The van der Waals surface area contributed by atoms with Gasteiger partial charge in [-0.05, 0) is 37.0 Å². The Balaban J connectivity index is 2.11. The standard InChI is InChI=1S/C13H17FO2/c1-16-13(15)6-4-2-3-5-11-7-9-12(14)10-8-11/h7-10H,2-6H2,1H3. The van der Waals surface area contributed by atoms with Crippen molar-refractivity contribution in [3.05, 3.63) is 35.6 Å². The Bertz CT molecular complexity index is 319. The second-order valence-corrected chi connectivity index (χ2v) is 3.76. The van der Waals surface area contributed by atoms with Gasteiger partial charge in [0, 0.05) is 6.42 Å². The second kappa shape index (κ2) is 6.99. The van der Waals surface area contributed by atoms with Crippen molar-refractivity contribution in [1.29, 1.82) is 0 Å². The maximum Gasteiger partial charge on any atom is 0.305 e. The zero-order valence-corrected chi connectivity index (χ0v) is 9.54. The molecule has 0 unspecified atom stereocenters. The van der Waals surface area contributed by atoms with E-state index >= 15 is 0 Å². The van der Waals surface area contributed by atoms with E-state index in [1.54, 1.807) is 12.1 Å². The van der Waals surface area contributed by atoms with Crippen molar-refractivity contribution < 1.29 is 13.9 Å². The van der Waals surface area contributed by atoms with Crippen molar-refractivity contribution in [3.8, 4) is 0 Å². The van der Waals surface area contributed by atoms with Gasteiger partial charge in [-0.3, -0.25) is 4.79 Å². The maximum absolute atomic E-state index is 12.6. The van der Waals surface area contributed by atoms with Crippen LogP contribution >= 0.6 is 0 Å². The highest BCUT2D eigenvalue weighted by molar-refractivity contribution is 5.68. The topological polar surface area (TPSA) is 26.3 Å². The molecule has 0 spiro atoms. The van der Waals surface area contributed by atoms with E-state index in [1.165, 1.54) is 19.2 Å². The van der Waals surface area contributed by atoms with Crippen molar-refractivity contribution in [2.75, 3.05) is 7.11 Å². The lowest BCUT2D eigenvalue weighted by Gasteiger charge is -2.01. The summed E-state index contributed by atoms with van der Waals surface area (Å²) in [6.07, 6.45) is 4.28. The maximum atomic E-state index is 12.6. The van der Waals surface area contributed by atoms with Crippen molar-refractivity contribution in [3.63, 3.8) is 0 Å². The van der Waals surface area contributed by atoms with Gasteiger partial charge in [-0.2, -0.15) is 0 Å². The van der Waals surface area contributed by atoms with E-state index in [0.717, 1.165) is 31.2 Å². The van der Waals surface area contributed by atoms with Crippen LogP contribution in [0.5, 0.6) is 0 Å². The lowest BCUT2D eigenvalue weighted by Crippen LogP contribution is -1.99. The Labute approximate surface area is 95.4 Å². The number of hydrogen-bond donors (Lipinski definition) is 0. The first-order valence-electron chi connectivity index (χ1n) is 5.53. The summed E-state index contributed by atoms with van der Waals surface area (Å²) in [6.45, 7) is 0. The Kier molecular flexibility index (Phi) is 5.54. The molecule has 1 rings (SSSR count). The summed E-state index contributed by atoms with van der Waals surface area (Å²) in [5.74, 6) is -0.351. The van der Waals surface area contributed by atoms with Gasteiger partial charge in [0.25, 0.3) is 0 Å². The Morgan fingerprint density at radius 2 is 1.88 bits per heavy atom. The summed E-state index contributed by atoms with van der Waals surface area (Å²) in [5, 5.41) is 0. The predicted octanol–water partition coefficient (Wildman–Crippen LogP) is 3.10. The third kappa shape index (κ3) is 4.91. The molecule has 0 saturated carbocycles. The van der Waals surface area contributed by atoms with Crippen LogP contribution in [0.15, 0.2) is 24.3 Å². The van der Waals surface area contributed by atoms with E-state index in [0.29, 0.717) is 6.42 Å². The van der Waals surface area contributed by atoms with Crippen LogP contribution in [0, 0.1) is 5.82 Å². The zero-order chi connectivity index (χ0) is 11.8. The molecule has 0 bridgehead atoms. The number of esters is 1. The van der Waals surface area contributed by atoms with Crippen LogP contribution in [0.2, 0.25) is 0 Å². The van der Waals surface area contributed by atoms with E-state index in [4.69, 9.17) is 0 Å². The largest absolute Gasteiger partial charge is 0.469 e. The summed E-state index contributed by atoms with van der Waals surface area (Å²) in [7, 11) is 1.40. The predicted molar refractivity (Wildman–Crippen MR) is 60.6 cm³/mol. The number of methoxy groups -OCH3 is 1. The van der Waals surface area contributed by atoms with Crippen LogP contribution in [-0.4, -0.2) is 13.1 Å². The van der Waals surface area contributed by atoms with Gasteiger partial charge >= 0.3 is 5.97 Å². The quantitative estimate of drug-likeness (QED) is 0.548. The molecule has 0 aromatic heterocycles. The number of ether oxygens (including phenoxy) is 1. The third-order valence-electron chi connectivity index (χ3n) is 2.49. The van der Waals surface area contributed by atoms with E-state index in [-0.39, 0.29) is 11.8 Å². The lowest BCUT2D eigenvalue weighted by atomic mass is 10.1. The summed E-state index contributed by atoms with van der Waals surface area (Å²) < 4.78 is 17.2. The molecule has 0 amide bonds. The zero-order valence-electron chi connectivity index (χ0n) is 9.54. The number of halogens is 1.